The van der Waals surface area contributed by atoms with Gasteiger partial charge in [-0.3, -0.25) is 5.32 Å². The number of anilines is 1. The predicted molar refractivity (Wildman–Crippen MR) is 108 cm³/mol. The molecule has 1 aliphatic rings. The summed E-state index contributed by atoms with van der Waals surface area (Å²) < 4.78 is 45.0. The molecule has 3 aromatic rings. The Labute approximate surface area is 171 Å². The predicted octanol–water partition coefficient (Wildman–Crippen LogP) is 6.26. The van der Waals surface area contributed by atoms with Gasteiger partial charge in [0.2, 0.25) is 0 Å². The number of nitrogens with zero attached hydrogens (tertiary/aromatic N) is 1. The molecule has 0 aliphatic carbocycles. The molecular weight excluding hydrogens is 401 g/mol. The van der Waals surface area contributed by atoms with Gasteiger partial charge in [-0.2, -0.15) is 13.2 Å². The van der Waals surface area contributed by atoms with Crippen molar-refractivity contribution in [3.63, 3.8) is 0 Å². The number of rotatable bonds is 4. The van der Waals surface area contributed by atoms with Crippen LogP contribution >= 0.6 is 11.6 Å². The molecule has 0 amide bonds. The van der Waals surface area contributed by atoms with Gasteiger partial charge in [0.1, 0.15) is 11.5 Å². The van der Waals surface area contributed by atoms with E-state index in [9.17, 15) is 13.2 Å². The monoisotopic (exact) mass is 418 g/mol. The van der Waals surface area contributed by atoms with Crippen LogP contribution in [0.15, 0.2) is 72.8 Å². The van der Waals surface area contributed by atoms with Gasteiger partial charge in [-0.15, -0.1) is 0 Å². The van der Waals surface area contributed by atoms with E-state index >= 15 is 0 Å². The largest absolute Gasteiger partial charge is 0.457 e. The Balaban J connectivity index is 1.52. The molecule has 0 unspecified atom stereocenters. The number of ether oxygens (including phenoxy) is 1. The van der Waals surface area contributed by atoms with E-state index in [-0.39, 0.29) is 6.04 Å². The van der Waals surface area contributed by atoms with Gasteiger partial charge < -0.3 is 9.64 Å². The van der Waals surface area contributed by atoms with Crippen LogP contribution in [0.5, 0.6) is 11.5 Å². The second kappa shape index (κ2) is 7.97. The van der Waals surface area contributed by atoms with Gasteiger partial charge in [-0.05, 0) is 66.2 Å². The molecule has 1 saturated heterocycles. The van der Waals surface area contributed by atoms with E-state index in [4.69, 9.17) is 16.3 Å². The van der Waals surface area contributed by atoms with Gasteiger partial charge in [0, 0.05) is 17.3 Å². The van der Waals surface area contributed by atoms with Gasteiger partial charge in [-0.25, -0.2) is 0 Å². The smallest absolute Gasteiger partial charge is 0.416 e. The van der Waals surface area contributed by atoms with Crippen LogP contribution in [0.1, 0.15) is 17.2 Å². The lowest BCUT2D eigenvalue weighted by molar-refractivity contribution is -0.137. The zero-order valence-corrected chi connectivity index (χ0v) is 16.0. The molecule has 4 rings (SSSR count). The average molecular weight is 419 g/mol. The molecule has 1 heterocycles. The van der Waals surface area contributed by atoms with Crippen molar-refractivity contribution in [3.05, 3.63) is 88.9 Å². The lowest BCUT2D eigenvalue weighted by Crippen LogP contribution is -2.24. The van der Waals surface area contributed by atoms with Crippen LogP contribution in [0, 0.1) is 0 Å². The highest BCUT2D eigenvalue weighted by Gasteiger charge is 2.32. The zero-order valence-electron chi connectivity index (χ0n) is 15.3. The van der Waals surface area contributed by atoms with Crippen molar-refractivity contribution in [2.45, 2.75) is 12.2 Å². The maximum atomic E-state index is 13.1. The second-order valence-electron chi connectivity index (χ2n) is 6.77. The fourth-order valence-corrected chi connectivity index (χ4v) is 3.50. The van der Waals surface area contributed by atoms with E-state index in [1.165, 1.54) is 12.1 Å². The third kappa shape index (κ3) is 4.49. The maximum Gasteiger partial charge on any atom is 0.416 e. The number of alkyl halides is 3. The van der Waals surface area contributed by atoms with Crippen LogP contribution in [0.4, 0.5) is 18.9 Å². The van der Waals surface area contributed by atoms with Gasteiger partial charge in [-0.1, -0.05) is 23.7 Å². The quantitative estimate of drug-likeness (QED) is 0.541. The van der Waals surface area contributed by atoms with Crippen LogP contribution in [-0.4, -0.2) is 13.2 Å². The van der Waals surface area contributed by atoms with E-state index in [2.05, 4.69) is 5.32 Å². The van der Waals surface area contributed by atoms with Crippen molar-refractivity contribution in [2.24, 2.45) is 0 Å². The molecule has 0 spiro atoms. The Morgan fingerprint density at radius 2 is 1.59 bits per heavy atom. The summed E-state index contributed by atoms with van der Waals surface area (Å²) in [5.41, 5.74) is 0.903. The minimum atomic E-state index is -4.35. The van der Waals surface area contributed by atoms with Crippen LogP contribution in [-0.2, 0) is 6.18 Å². The zero-order chi connectivity index (χ0) is 20.4. The normalized spacial score (nSPS) is 16.8. The molecule has 29 heavy (non-hydrogen) atoms. The number of hydrogen-bond donors (Lipinski definition) is 1. The SMILES string of the molecule is FC(F)(F)c1cccc([C@H]2CNCN2c2ccc(Oc3ccc(Cl)cc3)cc2)c1. The minimum absolute atomic E-state index is 0.180. The van der Waals surface area contributed by atoms with E-state index in [1.807, 2.05) is 29.2 Å². The number of halogens is 4. The molecule has 1 N–H and O–H groups in total. The topological polar surface area (TPSA) is 24.5 Å². The first kappa shape index (κ1) is 19.6. The Hall–Kier alpha value is -2.70. The number of benzene rings is 3. The summed E-state index contributed by atoms with van der Waals surface area (Å²) in [7, 11) is 0. The van der Waals surface area contributed by atoms with Crippen molar-refractivity contribution in [1.82, 2.24) is 5.32 Å². The maximum absolute atomic E-state index is 13.1. The Bertz CT molecular complexity index is 975. The summed E-state index contributed by atoms with van der Waals surface area (Å²) in [4.78, 5) is 2.04. The number of nitrogens with one attached hydrogen (secondary N) is 1. The van der Waals surface area contributed by atoms with Crippen molar-refractivity contribution in [3.8, 4) is 11.5 Å². The molecule has 7 heteroatoms. The first-order valence-corrected chi connectivity index (χ1v) is 9.46. The molecule has 3 aromatic carbocycles. The highest BCUT2D eigenvalue weighted by molar-refractivity contribution is 6.30. The lowest BCUT2D eigenvalue weighted by atomic mass is 10.0. The van der Waals surface area contributed by atoms with E-state index in [0.29, 0.717) is 35.3 Å². The summed E-state index contributed by atoms with van der Waals surface area (Å²) in [5, 5.41) is 3.87. The van der Waals surface area contributed by atoms with Crippen molar-refractivity contribution in [2.75, 3.05) is 18.1 Å². The van der Waals surface area contributed by atoms with Crippen molar-refractivity contribution >= 4 is 17.3 Å². The standard InChI is InChI=1S/C22H18ClF3N2O/c23-17-4-8-19(9-5-17)29-20-10-6-18(7-11-20)28-14-27-13-21(28)15-2-1-3-16(12-15)22(24,25)26/h1-12,21,27H,13-14H2/t21-/m1/s1. The second-order valence-corrected chi connectivity index (χ2v) is 7.21. The molecule has 3 nitrogen and oxygen atoms in total. The molecule has 1 fully saturated rings. The molecule has 1 aliphatic heterocycles. The van der Waals surface area contributed by atoms with Crippen LogP contribution in [0.25, 0.3) is 0 Å². The molecule has 0 bridgehead atoms. The fraction of sp³-hybridized carbons (Fsp3) is 0.182. The molecule has 150 valence electrons. The molecule has 0 saturated carbocycles. The summed E-state index contributed by atoms with van der Waals surface area (Å²) in [5.74, 6) is 1.34. The van der Waals surface area contributed by atoms with Crippen LogP contribution in [0.3, 0.4) is 0 Å². The Morgan fingerprint density at radius 3 is 2.24 bits per heavy atom. The van der Waals surface area contributed by atoms with Gasteiger partial charge in [0.15, 0.2) is 0 Å². The van der Waals surface area contributed by atoms with E-state index in [0.717, 1.165) is 11.8 Å². The van der Waals surface area contributed by atoms with Gasteiger partial charge in [0.05, 0.1) is 18.3 Å². The summed E-state index contributed by atoms with van der Waals surface area (Å²) in [6.45, 7) is 1.13. The molecular formula is C22H18ClF3N2O. The summed E-state index contributed by atoms with van der Waals surface area (Å²) in [6.07, 6.45) is -4.35. The first-order chi connectivity index (χ1) is 13.9. The summed E-state index contributed by atoms with van der Waals surface area (Å²) in [6, 6.07) is 19.9. The van der Waals surface area contributed by atoms with Crippen LogP contribution in [0.2, 0.25) is 5.02 Å². The van der Waals surface area contributed by atoms with Gasteiger partial charge in [0.25, 0.3) is 0 Å². The minimum Gasteiger partial charge on any atom is -0.457 e. The highest BCUT2D eigenvalue weighted by Crippen LogP contribution is 2.35. The highest BCUT2D eigenvalue weighted by atomic mass is 35.5. The third-order valence-corrected chi connectivity index (χ3v) is 5.06. The first-order valence-electron chi connectivity index (χ1n) is 9.08. The summed E-state index contributed by atoms with van der Waals surface area (Å²) >= 11 is 5.88. The molecule has 0 radical (unpaired) electrons. The van der Waals surface area contributed by atoms with Crippen LogP contribution < -0.4 is 15.0 Å². The van der Waals surface area contributed by atoms with Crippen molar-refractivity contribution in [1.29, 1.82) is 0 Å². The van der Waals surface area contributed by atoms with Crippen molar-refractivity contribution < 1.29 is 17.9 Å². The Kier molecular flexibility index (Phi) is 5.39. The lowest BCUT2D eigenvalue weighted by Gasteiger charge is -2.26. The van der Waals surface area contributed by atoms with E-state index in [1.54, 1.807) is 30.3 Å². The number of hydrogen-bond acceptors (Lipinski definition) is 3. The third-order valence-electron chi connectivity index (χ3n) is 4.81. The molecule has 0 aromatic heterocycles. The molecule has 1 atom stereocenters. The Morgan fingerprint density at radius 1 is 0.931 bits per heavy atom. The fourth-order valence-electron chi connectivity index (χ4n) is 3.38. The average Bonchev–Trinajstić information content (AvgIpc) is 3.20. The van der Waals surface area contributed by atoms with E-state index < -0.39 is 11.7 Å². The van der Waals surface area contributed by atoms with Gasteiger partial charge >= 0.3 is 6.18 Å².